The number of hydrogen-bond donors (Lipinski definition) is 1. The number of aromatic nitrogens is 2. The van der Waals surface area contributed by atoms with E-state index in [-0.39, 0.29) is 0 Å². The quantitative estimate of drug-likeness (QED) is 0.707. The predicted octanol–water partition coefficient (Wildman–Crippen LogP) is 3.72. The van der Waals surface area contributed by atoms with Gasteiger partial charge in [-0.05, 0) is 43.7 Å². The summed E-state index contributed by atoms with van der Waals surface area (Å²) in [6.07, 6.45) is 7.29. The van der Waals surface area contributed by atoms with Gasteiger partial charge in [0.25, 0.3) is 0 Å². The van der Waals surface area contributed by atoms with Gasteiger partial charge in [0, 0.05) is 19.3 Å². The highest BCUT2D eigenvalue weighted by Gasteiger charge is 2.28. The lowest BCUT2D eigenvalue weighted by Gasteiger charge is -2.33. The Balaban J connectivity index is 2.87. The number of rotatable bonds is 10. The number of aryl methyl sites for hydroxylation is 2. The van der Waals surface area contributed by atoms with E-state index in [1.165, 1.54) is 37.1 Å². The third-order valence-corrected chi connectivity index (χ3v) is 4.51. The van der Waals surface area contributed by atoms with Gasteiger partial charge in [-0.15, -0.1) is 0 Å². The molecule has 3 heteroatoms. The molecule has 20 heavy (non-hydrogen) atoms. The van der Waals surface area contributed by atoms with E-state index in [1.807, 2.05) is 0 Å². The smallest absolute Gasteiger partial charge is 0.0624 e. The van der Waals surface area contributed by atoms with Crippen molar-refractivity contribution >= 4 is 0 Å². The molecule has 0 aliphatic heterocycles. The Morgan fingerprint density at radius 1 is 1.25 bits per heavy atom. The lowest BCUT2D eigenvalue weighted by Crippen LogP contribution is -2.36. The van der Waals surface area contributed by atoms with Crippen molar-refractivity contribution in [2.45, 2.75) is 66.2 Å². The highest BCUT2D eigenvalue weighted by Crippen LogP contribution is 2.32. The summed E-state index contributed by atoms with van der Waals surface area (Å²) in [5, 5.41) is 8.18. The zero-order chi connectivity index (χ0) is 15.0. The van der Waals surface area contributed by atoms with Crippen LogP contribution in [0.3, 0.4) is 0 Å². The fraction of sp³-hybridized carbons (Fsp3) is 0.824. The lowest BCUT2D eigenvalue weighted by molar-refractivity contribution is 0.226. The van der Waals surface area contributed by atoms with Gasteiger partial charge in [0.15, 0.2) is 0 Å². The highest BCUT2D eigenvalue weighted by atomic mass is 15.3. The topological polar surface area (TPSA) is 29.9 Å². The minimum atomic E-state index is 0.380. The van der Waals surface area contributed by atoms with Crippen LogP contribution in [-0.2, 0) is 19.9 Å². The van der Waals surface area contributed by atoms with Gasteiger partial charge in [-0.3, -0.25) is 4.68 Å². The molecule has 0 bridgehead atoms. The molecule has 1 N–H and O–H groups in total. The molecular weight excluding hydrogens is 246 g/mol. The molecule has 0 aliphatic carbocycles. The Labute approximate surface area is 125 Å². The standard InChI is InChI=1S/C17H33N3/c1-6-10-11-17(8-3,14-18-9-4)13-16-12-15(7-2)19-20(16)5/h12,18H,6-11,13-14H2,1-5H3. The van der Waals surface area contributed by atoms with E-state index in [9.17, 15) is 0 Å². The van der Waals surface area contributed by atoms with Crippen molar-refractivity contribution in [3.63, 3.8) is 0 Å². The summed E-state index contributed by atoms with van der Waals surface area (Å²) in [6, 6.07) is 2.29. The van der Waals surface area contributed by atoms with E-state index in [4.69, 9.17) is 0 Å². The first-order chi connectivity index (χ1) is 9.60. The van der Waals surface area contributed by atoms with Gasteiger partial charge >= 0.3 is 0 Å². The second-order valence-corrected chi connectivity index (χ2v) is 6.02. The van der Waals surface area contributed by atoms with Gasteiger partial charge in [0.1, 0.15) is 0 Å². The van der Waals surface area contributed by atoms with E-state index < -0.39 is 0 Å². The van der Waals surface area contributed by atoms with Crippen LogP contribution >= 0.6 is 0 Å². The van der Waals surface area contributed by atoms with Crippen LogP contribution in [0.4, 0.5) is 0 Å². The minimum absolute atomic E-state index is 0.380. The molecule has 1 aromatic heterocycles. The van der Waals surface area contributed by atoms with Gasteiger partial charge in [-0.25, -0.2) is 0 Å². The predicted molar refractivity (Wildman–Crippen MR) is 87.1 cm³/mol. The summed E-state index contributed by atoms with van der Waals surface area (Å²) in [6.45, 7) is 11.2. The lowest BCUT2D eigenvalue weighted by atomic mass is 9.76. The normalized spacial score (nSPS) is 14.4. The van der Waals surface area contributed by atoms with Crippen LogP contribution in [0, 0.1) is 5.41 Å². The van der Waals surface area contributed by atoms with E-state index in [0.29, 0.717) is 5.41 Å². The summed E-state index contributed by atoms with van der Waals surface area (Å²) in [5.41, 5.74) is 2.98. The Kier molecular flexibility index (Phi) is 7.28. The first kappa shape index (κ1) is 17.2. The molecule has 1 unspecified atom stereocenters. The molecule has 3 nitrogen and oxygen atoms in total. The zero-order valence-electron chi connectivity index (χ0n) is 14.1. The van der Waals surface area contributed by atoms with Crippen molar-refractivity contribution in [2.75, 3.05) is 13.1 Å². The third kappa shape index (κ3) is 4.62. The summed E-state index contributed by atoms with van der Waals surface area (Å²) < 4.78 is 2.08. The fourth-order valence-corrected chi connectivity index (χ4v) is 2.90. The molecular formula is C17H33N3. The molecule has 0 fully saturated rings. The van der Waals surface area contributed by atoms with Crippen molar-refractivity contribution < 1.29 is 0 Å². The zero-order valence-corrected chi connectivity index (χ0v) is 14.1. The van der Waals surface area contributed by atoms with Crippen LogP contribution < -0.4 is 5.32 Å². The molecule has 1 rings (SSSR count). The Bertz CT molecular complexity index is 374. The summed E-state index contributed by atoms with van der Waals surface area (Å²) >= 11 is 0. The second-order valence-electron chi connectivity index (χ2n) is 6.02. The van der Waals surface area contributed by atoms with Gasteiger partial charge < -0.3 is 5.32 Å². The average Bonchev–Trinajstić information content (AvgIpc) is 2.82. The Morgan fingerprint density at radius 2 is 2.00 bits per heavy atom. The monoisotopic (exact) mass is 279 g/mol. The van der Waals surface area contributed by atoms with Gasteiger partial charge in [0.2, 0.25) is 0 Å². The van der Waals surface area contributed by atoms with Gasteiger partial charge in [-0.2, -0.15) is 5.10 Å². The van der Waals surface area contributed by atoms with Crippen LogP contribution in [-0.4, -0.2) is 22.9 Å². The van der Waals surface area contributed by atoms with Crippen LogP contribution in [0.15, 0.2) is 6.07 Å². The molecule has 0 amide bonds. The third-order valence-electron chi connectivity index (χ3n) is 4.51. The number of unbranched alkanes of at least 4 members (excludes halogenated alkanes) is 1. The van der Waals surface area contributed by atoms with Crippen molar-refractivity contribution in [1.82, 2.24) is 15.1 Å². The van der Waals surface area contributed by atoms with E-state index in [0.717, 1.165) is 25.9 Å². The van der Waals surface area contributed by atoms with Crippen molar-refractivity contribution in [3.8, 4) is 0 Å². The van der Waals surface area contributed by atoms with E-state index >= 15 is 0 Å². The van der Waals surface area contributed by atoms with E-state index in [2.05, 4.69) is 55.9 Å². The Hall–Kier alpha value is -0.830. The van der Waals surface area contributed by atoms with Crippen LogP contribution in [0.2, 0.25) is 0 Å². The second kappa shape index (κ2) is 8.46. The molecule has 0 aromatic carbocycles. The van der Waals surface area contributed by atoms with E-state index in [1.54, 1.807) is 0 Å². The molecule has 0 saturated heterocycles. The van der Waals surface area contributed by atoms with Crippen molar-refractivity contribution in [2.24, 2.45) is 12.5 Å². The summed E-state index contributed by atoms with van der Waals surface area (Å²) in [5.74, 6) is 0. The summed E-state index contributed by atoms with van der Waals surface area (Å²) in [7, 11) is 2.09. The first-order valence-electron chi connectivity index (χ1n) is 8.33. The minimum Gasteiger partial charge on any atom is -0.316 e. The first-order valence-corrected chi connectivity index (χ1v) is 8.33. The van der Waals surface area contributed by atoms with Crippen LogP contribution in [0.1, 0.15) is 64.8 Å². The maximum Gasteiger partial charge on any atom is 0.0624 e. The maximum absolute atomic E-state index is 4.60. The van der Waals surface area contributed by atoms with Crippen molar-refractivity contribution in [3.05, 3.63) is 17.5 Å². The molecule has 0 radical (unpaired) electrons. The number of hydrogen-bond acceptors (Lipinski definition) is 2. The SMILES string of the molecule is CCCCC(CC)(CNCC)Cc1cc(CC)nn1C. The number of nitrogens with zero attached hydrogens (tertiary/aromatic N) is 2. The molecule has 0 spiro atoms. The van der Waals surface area contributed by atoms with Crippen molar-refractivity contribution in [1.29, 1.82) is 0 Å². The largest absolute Gasteiger partial charge is 0.316 e. The molecule has 1 heterocycles. The molecule has 1 atom stereocenters. The summed E-state index contributed by atoms with van der Waals surface area (Å²) in [4.78, 5) is 0. The molecule has 0 aliphatic rings. The van der Waals surface area contributed by atoms with Crippen LogP contribution in [0.25, 0.3) is 0 Å². The Morgan fingerprint density at radius 3 is 2.50 bits per heavy atom. The number of nitrogens with one attached hydrogen (secondary N) is 1. The maximum atomic E-state index is 4.60. The average molecular weight is 279 g/mol. The fourth-order valence-electron chi connectivity index (χ4n) is 2.90. The van der Waals surface area contributed by atoms with Gasteiger partial charge in [-0.1, -0.05) is 40.5 Å². The molecule has 116 valence electrons. The highest BCUT2D eigenvalue weighted by molar-refractivity contribution is 5.12. The molecule has 1 aromatic rings. The van der Waals surface area contributed by atoms with Crippen LogP contribution in [0.5, 0.6) is 0 Å². The molecule has 0 saturated carbocycles. The van der Waals surface area contributed by atoms with Gasteiger partial charge in [0.05, 0.1) is 5.69 Å².